The molecule has 0 aliphatic heterocycles. The van der Waals surface area contributed by atoms with Crippen LogP contribution in [0.4, 0.5) is 0 Å². The van der Waals surface area contributed by atoms with Gasteiger partial charge in [0.15, 0.2) is 0 Å². The second kappa shape index (κ2) is 13.0. The van der Waals surface area contributed by atoms with Crippen LogP contribution in [-0.4, -0.2) is 0 Å². The second-order valence-corrected chi connectivity index (χ2v) is 9.15. The van der Waals surface area contributed by atoms with Gasteiger partial charge < -0.3 is 0 Å². The van der Waals surface area contributed by atoms with Gasteiger partial charge in [-0.15, -0.1) is 77.3 Å². The first-order valence-electron chi connectivity index (χ1n) is 11.4. The van der Waals surface area contributed by atoms with Gasteiger partial charge in [-0.3, -0.25) is 0 Å². The molecule has 0 fully saturated rings. The summed E-state index contributed by atoms with van der Waals surface area (Å²) in [5.41, 5.74) is 10.1. The van der Waals surface area contributed by atoms with Crippen LogP contribution in [0, 0.1) is 27.7 Å². The van der Waals surface area contributed by atoms with E-state index in [0.717, 1.165) is 0 Å². The first-order chi connectivity index (χ1) is 15.5. The Morgan fingerprint density at radius 2 is 0.917 bits per heavy atom. The minimum atomic E-state index is -0.406. The Morgan fingerprint density at radius 3 is 1.33 bits per heavy atom. The molecule has 186 valence electrons. The van der Waals surface area contributed by atoms with Gasteiger partial charge in [0.2, 0.25) is 0 Å². The fraction of sp³-hybridized carbons (Fsp3) is 0.156. The van der Waals surface area contributed by atoms with E-state index in [0.29, 0.717) is 0 Å². The minimum Gasteiger partial charge on any atom is -0.165 e. The van der Waals surface area contributed by atoms with Crippen LogP contribution >= 0.6 is 37.2 Å². The quantitative estimate of drug-likeness (QED) is 0.115. The van der Waals surface area contributed by atoms with Gasteiger partial charge in [-0.05, 0) is 37.5 Å². The molecule has 0 saturated carbocycles. The normalized spacial score (nSPS) is 10.4. The maximum atomic E-state index is 2.37. The largest absolute Gasteiger partial charge is 0.165 e. The Kier molecular flexibility index (Phi) is 11.6. The molecule has 0 radical (unpaired) electrons. The van der Waals surface area contributed by atoms with Crippen molar-refractivity contribution in [1.82, 2.24) is 0 Å². The molecule has 0 N–H and O–H groups in total. The van der Waals surface area contributed by atoms with Gasteiger partial charge in [0.05, 0.1) is 0 Å². The van der Waals surface area contributed by atoms with Crippen molar-refractivity contribution in [3.63, 3.8) is 0 Å². The van der Waals surface area contributed by atoms with Gasteiger partial charge in [0.1, 0.15) is 0 Å². The molecule has 0 unspecified atom stereocenters. The van der Waals surface area contributed by atoms with Crippen molar-refractivity contribution in [3.05, 3.63) is 148 Å². The molecule has 0 atom stereocenters. The molecule has 0 heterocycles. The molecule has 0 bridgehead atoms. The summed E-state index contributed by atoms with van der Waals surface area (Å²) in [6, 6.07) is 38.4. The number of hydrogen-bond donors (Lipinski definition) is 0. The number of rotatable bonds is 4. The molecular formula is C32H32Cl3Ti-. The number of aryl methyl sites for hydroxylation is 4. The van der Waals surface area contributed by atoms with E-state index in [1.54, 1.807) is 0 Å². The van der Waals surface area contributed by atoms with Crippen molar-refractivity contribution in [2.75, 3.05) is 0 Å². The second-order valence-electron chi connectivity index (χ2n) is 9.15. The standard InChI is InChI=1S/C32H29.3ClH.Ti/c1-22-10-7-14-27(18-22)32(28-15-8-11-23(2)19-28,29-16-9-12-24(3)20-29)31-25(4)21-26-13-5-6-17-30(26)31;;;;/h5-21H,1-4H3;3*1H;/q-1;;;;. The van der Waals surface area contributed by atoms with Crippen molar-refractivity contribution < 1.29 is 21.7 Å². The van der Waals surface area contributed by atoms with Gasteiger partial charge >= 0.3 is 0 Å². The minimum absolute atomic E-state index is 0. The molecule has 0 spiro atoms. The van der Waals surface area contributed by atoms with Crippen molar-refractivity contribution in [2.45, 2.75) is 33.1 Å². The number of halogens is 3. The third kappa shape index (κ3) is 5.50. The molecule has 36 heavy (non-hydrogen) atoms. The summed E-state index contributed by atoms with van der Waals surface area (Å²) in [4.78, 5) is 0. The van der Waals surface area contributed by atoms with E-state index in [4.69, 9.17) is 0 Å². The SMILES string of the molecule is Cc1cccc(C(c2cccc(C)c2)(c2cccc(C)c2)[c-]2c(C)cc3ccccc32)c1.Cl.Cl.Cl.[Ti]. The summed E-state index contributed by atoms with van der Waals surface area (Å²) in [6.45, 7) is 8.84. The van der Waals surface area contributed by atoms with Crippen LogP contribution in [0.2, 0.25) is 0 Å². The average Bonchev–Trinajstić information content (AvgIpc) is 3.11. The third-order valence-corrected chi connectivity index (χ3v) is 6.72. The molecule has 0 nitrogen and oxygen atoms in total. The fourth-order valence-electron chi connectivity index (χ4n) is 5.43. The molecule has 0 saturated heterocycles. The Bertz CT molecular complexity index is 1320. The summed E-state index contributed by atoms with van der Waals surface area (Å²) in [7, 11) is 0. The van der Waals surface area contributed by atoms with Gasteiger partial charge in [0.25, 0.3) is 0 Å². The summed E-state index contributed by atoms with van der Waals surface area (Å²) in [6.07, 6.45) is 0. The number of benzene rings is 4. The van der Waals surface area contributed by atoms with Crippen molar-refractivity contribution in [2.24, 2.45) is 0 Å². The van der Waals surface area contributed by atoms with E-state index >= 15 is 0 Å². The van der Waals surface area contributed by atoms with E-state index in [1.165, 1.54) is 55.3 Å². The Hall–Kier alpha value is -1.93. The van der Waals surface area contributed by atoms with E-state index in [2.05, 4.69) is 131 Å². The predicted molar refractivity (Wildman–Crippen MR) is 159 cm³/mol. The van der Waals surface area contributed by atoms with Gasteiger partial charge in [-0.1, -0.05) is 102 Å². The molecule has 5 aromatic carbocycles. The Labute approximate surface area is 249 Å². The summed E-state index contributed by atoms with van der Waals surface area (Å²) >= 11 is 0. The van der Waals surface area contributed by atoms with Crippen molar-refractivity contribution >= 4 is 48.0 Å². The third-order valence-electron chi connectivity index (χ3n) is 6.72. The van der Waals surface area contributed by atoms with E-state index in [-0.39, 0.29) is 58.9 Å². The predicted octanol–water partition coefficient (Wildman–Crippen LogP) is 9.44. The molecule has 5 rings (SSSR count). The van der Waals surface area contributed by atoms with Gasteiger partial charge in [-0.25, -0.2) is 0 Å². The van der Waals surface area contributed by atoms with Crippen LogP contribution in [-0.2, 0) is 27.1 Å². The number of fused-ring (bicyclic) bond motifs is 1. The Balaban J connectivity index is 0.00000162. The molecular weight excluding hydrogens is 539 g/mol. The fourth-order valence-corrected chi connectivity index (χ4v) is 5.43. The van der Waals surface area contributed by atoms with Crippen LogP contribution in [0.15, 0.2) is 103 Å². The van der Waals surface area contributed by atoms with Crippen molar-refractivity contribution in [1.29, 1.82) is 0 Å². The molecule has 4 heteroatoms. The molecule has 0 amide bonds. The zero-order chi connectivity index (χ0) is 22.3. The van der Waals surface area contributed by atoms with Gasteiger partial charge in [-0.2, -0.15) is 6.07 Å². The first-order valence-corrected chi connectivity index (χ1v) is 11.4. The van der Waals surface area contributed by atoms with Gasteiger partial charge in [0, 0.05) is 27.1 Å². The van der Waals surface area contributed by atoms with Crippen LogP contribution in [0.1, 0.15) is 44.5 Å². The van der Waals surface area contributed by atoms with Crippen LogP contribution in [0.5, 0.6) is 0 Å². The zero-order valence-electron chi connectivity index (χ0n) is 21.0. The molecule has 5 aromatic rings. The summed E-state index contributed by atoms with van der Waals surface area (Å²) in [5.74, 6) is 0. The van der Waals surface area contributed by atoms with Crippen molar-refractivity contribution in [3.8, 4) is 0 Å². The zero-order valence-corrected chi connectivity index (χ0v) is 25.1. The summed E-state index contributed by atoms with van der Waals surface area (Å²) < 4.78 is 0. The van der Waals surface area contributed by atoms with E-state index in [1.807, 2.05) is 0 Å². The van der Waals surface area contributed by atoms with Crippen LogP contribution in [0.25, 0.3) is 10.8 Å². The number of hydrogen-bond acceptors (Lipinski definition) is 0. The summed E-state index contributed by atoms with van der Waals surface area (Å²) in [5, 5.41) is 2.63. The monoisotopic (exact) mass is 569 g/mol. The van der Waals surface area contributed by atoms with Crippen LogP contribution < -0.4 is 0 Å². The molecule has 0 aliphatic rings. The van der Waals surface area contributed by atoms with E-state index in [9.17, 15) is 0 Å². The Morgan fingerprint density at radius 1 is 0.500 bits per heavy atom. The maximum absolute atomic E-state index is 2.37. The molecule has 0 aliphatic carbocycles. The topological polar surface area (TPSA) is 0 Å². The smallest absolute Gasteiger partial charge is 0.0368 e. The maximum Gasteiger partial charge on any atom is 0.0368 e. The molecule has 0 aromatic heterocycles. The average molecular weight is 571 g/mol. The van der Waals surface area contributed by atoms with Crippen LogP contribution in [0.3, 0.4) is 0 Å². The van der Waals surface area contributed by atoms with E-state index < -0.39 is 5.41 Å². The first kappa shape index (κ1) is 32.1.